The summed E-state index contributed by atoms with van der Waals surface area (Å²) in [6, 6.07) is 17.0. The van der Waals surface area contributed by atoms with Gasteiger partial charge in [-0.2, -0.15) is 0 Å². The van der Waals surface area contributed by atoms with Crippen molar-refractivity contribution < 1.29 is 17.6 Å². The number of halogens is 1. The first kappa shape index (κ1) is 22.3. The molecule has 3 aromatic rings. The molecule has 0 aliphatic carbocycles. The summed E-state index contributed by atoms with van der Waals surface area (Å²) in [7, 11) is 0.0380. The van der Waals surface area contributed by atoms with Gasteiger partial charge in [-0.3, -0.25) is 4.79 Å². The Bertz CT molecular complexity index is 1120. The fourth-order valence-electron chi connectivity index (χ4n) is 2.98. The van der Waals surface area contributed by atoms with Crippen LogP contribution in [0.5, 0.6) is 0 Å². The Labute approximate surface area is 184 Å². The average Bonchev–Trinajstić information content (AvgIpc) is 3.21. The first-order valence-electron chi connectivity index (χ1n) is 9.30. The van der Waals surface area contributed by atoms with Gasteiger partial charge in [0.1, 0.15) is 0 Å². The number of rotatable bonds is 7. The Morgan fingerprint density at radius 1 is 1.03 bits per heavy atom. The third-order valence-corrected chi connectivity index (χ3v) is 6.91. The number of benzene rings is 2. The first-order chi connectivity index (χ1) is 14.2. The highest BCUT2D eigenvalue weighted by atomic mass is 79.9. The predicted molar refractivity (Wildman–Crippen MR) is 118 cm³/mol. The van der Waals surface area contributed by atoms with E-state index in [9.17, 15) is 13.2 Å². The molecule has 30 heavy (non-hydrogen) atoms. The molecule has 0 saturated heterocycles. The highest BCUT2D eigenvalue weighted by molar-refractivity contribution is 9.10. The van der Waals surface area contributed by atoms with Crippen LogP contribution in [0.4, 0.5) is 0 Å². The molecule has 6 nitrogen and oxygen atoms in total. The second-order valence-electron chi connectivity index (χ2n) is 7.18. The fourth-order valence-corrected chi connectivity index (χ4v) is 4.42. The van der Waals surface area contributed by atoms with Crippen molar-refractivity contribution in [2.24, 2.45) is 0 Å². The number of carbonyl (C=O) groups is 1. The van der Waals surface area contributed by atoms with E-state index >= 15 is 0 Å². The van der Waals surface area contributed by atoms with Crippen LogP contribution in [0.15, 0.2) is 79.5 Å². The van der Waals surface area contributed by atoms with Crippen LogP contribution in [0.25, 0.3) is 0 Å². The number of nitrogens with zero attached hydrogens (tertiary/aromatic N) is 1. The molecule has 1 N–H and O–H groups in total. The summed E-state index contributed by atoms with van der Waals surface area (Å²) >= 11 is 3.28. The lowest BCUT2D eigenvalue weighted by molar-refractivity contribution is 0.0909. The van der Waals surface area contributed by atoms with Gasteiger partial charge in [-0.1, -0.05) is 45.8 Å². The molecule has 2 aromatic carbocycles. The Morgan fingerprint density at radius 3 is 2.27 bits per heavy atom. The van der Waals surface area contributed by atoms with E-state index in [0.717, 1.165) is 15.6 Å². The number of aryl methyl sites for hydroxylation is 1. The summed E-state index contributed by atoms with van der Waals surface area (Å²) in [6.45, 7) is 2.37. The summed E-state index contributed by atoms with van der Waals surface area (Å²) in [5.41, 5.74) is 2.24. The van der Waals surface area contributed by atoms with Crippen LogP contribution in [-0.2, 0) is 9.84 Å². The lowest BCUT2D eigenvalue weighted by Gasteiger charge is -2.25. The lowest BCUT2D eigenvalue weighted by Crippen LogP contribution is -2.34. The molecule has 0 aliphatic heterocycles. The number of carbonyl (C=O) groups excluding carboxylic acids is 1. The van der Waals surface area contributed by atoms with E-state index in [1.807, 2.05) is 50.2 Å². The molecule has 0 fully saturated rings. The second-order valence-corrected chi connectivity index (χ2v) is 9.97. The summed E-state index contributed by atoms with van der Waals surface area (Å²) in [4.78, 5) is 14.7. The maximum atomic E-state index is 12.7. The van der Waals surface area contributed by atoms with Crippen molar-refractivity contribution in [3.63, 3.8) is 0 Å². The van der Waals surface area contributed by atoms with Gasteiger partial charge in [0.2, 0.25) is 14.9 Å². The number of sulfone groups is 1. The summed E-state index contributed by atoms with van der Waals surface area (Å²) in [5.74, 6) is -0.515. The first-order valence-corrected chi connectivity index (χ1v) is 11.6. The van der Waals surface area contributed by atoms with Crippen LogP contribution in [0.3, 0.4) is 0 Å². The Balaban J connectivity index is 1.73. The molecule has 8 heteroatoms. The molecule has 0 radical (unpaired) electrons. The van der Waals surface area contributed by atoms with E-state index < -0.39 is 15.7 Å². The Kier molecular flexibility index (Phi) is 6.80. The largest absolute Gasteiger partial charge is 0.439 e. The molecular weight excluding hydrogens is 468 g/mol. The van der Waals surface area contributed by atoms with Crippen molar-refractivity contribution in [2.75, 3.05) is 20.6 Å². The number of amides is 1. The van der Waals surface area contributed by atoms with E-state index in [-0.39, 0.29) is 21.8 Å². The summed E-state index contributed by atoms with van der Waals surface area (Å²) in [5, 5.41) is 2.56. The van der Waals surface area contributed by atoms with Crippen LogP contribution >= 0.6 is 15.9 Å². The minimum Gasteiger partial charge on any atom is -0.439 e. The molecule has 0 unspecified atom stereocenters. The third kappa shape index (κ3) is 5.00. The molecule has 158 valence electrons. The summed E-state index contributed by atoms with van der Waals surface area (Å²) < 4.78 is 31.6. The minimum absolute atomic E-state index is 0.0320. The van der Waals surface area contributed by atoms with Gasteiger partial charge in [-0.15, -0.1) is 0 Å². The smallest absolute Gasteiger partial charge is 0.287 e. The van der Waals surface area contributed by atoms with Gasteiger partial charge in [0.25, 0.3) is 5.91 Å². The number of hydrogen-bond donors (Lipinski definition) is 1. The molecule has 1 aromatic heterocycles. The van der Waals surface area contributed by atoms with E-state index in [1.54, 1.807) is 12.1 Å². The van der Waals surface area contributed by atoms with Crippen molar-refractivity contribution in [1.29, 1.82) is 0 Å². The molecular formula is C22H23BrN2O4S. The van der Waals surface area contributed by atoms with Gasteiger partial charge < -0.3 is 14.6 Å². The number of likely N-dealkylation sites (N-methyl/N-ethyl adjacent to an activating group) is 1. The van der Waals surface area contributed by atoms with Crippen LogP contribution in [0.1, 0.15) is 27.7 Å². The Morgan fingerprint density at radius 2 is 1.67 bits per heavy atom. The fraction of sp³-hybridized carbons (Fsp3) is 0.227. The van der Waals surface area contributed by atoms with Crippen LogP contribution < -0.4 is 5.32 Å². The molecule has 3 rings (SSSR count). The normalized spacial score (nSPS) is 12.7. The average molecular weight is 491 g/mol. The number of nitrogens with one attached hydrogen (secondary N) is 1. The maximum absolute atomic E-state index is 12.7. The van der Waals surface area contributed by atoms with Crippen molar-refractivity contribution >= 4 is 31.7 Å². The molecule has 0 saturated carbocycles. The quantitative estimate of drug-likeness (QED) is 0.536. The van der Waals surface area contributed by atoms with E-state index in [2.05, 4.69) is 21.2 Å². The molecule has 0 aliphatic rings. The second kappa shape index (κ2) is 9.16. The van der Waals surface area contributed by atoms with Crippen LogP contribution in [0, 0.1) is 6.92 Å². The molecule has 0 spiro atoms. The van der Waals surface area contributed by atoms with Gasteiger partial charge in [0.15, 0.2) is 5.76 Å². The zero-order chi connectivity index (χ0) is 21.9. The SMILES string of the molecule is Cc1ccc([C@H](CNC(=O)c2ccc(S(=O)(=O)c3ccc(Br)cc3)o2)N(C)C)cc1. The molecule has 1 heterocycles. The zero-order valence-electron chi connectivity index (χ0n) is 16.9. The van der Waals surface area contributed by atoms with Crippen molar-refractivity contribution in [1.82, 2.24) is 10.2 Å². The zero-order valence-corrected chi connectivity index (χ0v) is 19.3. The van der Waals surface area contributed by atoms with Crippen molar-refractivity contribution in [3.8, 4) is 0 Å². The monoisotopic (exact) mass is 490 g/mol. The van der Waals surface area contributed by atoms with Gasteiger partial charge in [-0.05, 0) is 63.0 Å². The number of furan rings is 1. The Hall–Kier alpha value is -2.42. The van der Waals surface area contributed by atoms with Gasteiger partial charge >= 0.3 is 0 Å². The highest BCUT2D eigenvalue weighted by Crippen LogP contribution is 2.24. The highest BCUT2D eigenvalue weighted by Gasteiger charge is 2.24. The van der Waals surface area contributed by atoms with E-state index in [4.69, 9.17) is 4.42 Å². The van der Waals surface area contributed by atoms with E-state index in [1.165, 1.54) is 24.3 Å². The molecule has 1 amide bonds. The van der Waals surface area contributed by atoms with Crippen LogP contribution in [-0.4, -0.2) is 39.9 Å². The number of hydrogen-bond acceptors (Lipinski definition) is 5. The maximum Gasteiger partial charge on any atom is 0.287 e. The standard InChI is InChI=1S/C22H23BrN2O4S/c1-15-4-6-16(7-5-15)19(25(2)3)14-24-22(26)20-12-13-21(29-20)30(27,28)18-10-8-17(23)9-11-18/h4-13,19H,14H2,1-3H3,(H,24,26)/t19-/m0/s1. The van der Waals surface area contributed by atoms with E-state index in [0.29, 0.717) is 6.54 Å². The predicted octanol–water partition coefficient (Wildman–Crippen LogP) is 4.22. The molecule has 0 bridgehead atoms. The van der Waals surface area contributed by atoms with Crippen LogP contribution in [0.2, 0.25) is 0 Å². The van der Waals surface area contributed by atoms with Crippen molar-refractivity contribution in [3.05, 3.63) is 82.0 Å². The summed E-state index contributed by atoms with van der Waals surface area (Å²) in [6.07, 6.45) is 0. The topological polar surface area (TPSA) is 79.6 Å². The van der Waals surface area contributed by atoms with Gasteiger partial charge in [0, 0.05) is 11.0 Å². The van der Waals surface area contributed by atoms with Gasteiger partial charge in [-0.25, -0.2) is 8.42 Å². The lowest BCUT2D eigenvalue weighted by atomic mass is 10.0. The minimum atomic E-state index is -3.84. The third-order valence-electron chi connectivity index (χ3n) is 4.74. The molecule has 1 atom stereocenters. The van der Waals surface area contributed by atoms with Crippen molar-refractivity contribution in [2.45, 2.75) is 23.0 Å². The van der Waals surface area contributed by atoms with Gasteiger partial charge in [0.05, 0.1) is 10.9 Å².